The second-order valence-electron chi connectivity index (χ2n) is 6.82. The van der Waals surface area contributed by atoms with Crippen LogP contribution < -0.4 is 0 Å². The number of hydrogen-bond donors (Lipinski definition) is 0. The Kier molecular flexibility index (Phi) is 2.34. The Morgan fingerprint density at radius 1 is 0.600 bits per heavy atom. The third-order valence-electron chi connectivity index (χ3n) is 5.57. The van der Waals surface area contributed by atoms with Gasteiger partial charge in [-0.1, -0.05) is 66.7 Å². The molecule has 1 aromatic heterocycles. The fourth-order valence-electron chi connectivity index (χ4n) is 4.52. The van der Waals surface area contributed by atoms with Gasteiger partial charge in [-0.05, 0) is 40.6 Å². The summed E-state index contributed by atoms with van der Waals surface area (Å²) in [7, 11) is 0. The van der Waals surface area contributed by atoms with Gasteiger partial charge < -0.3 is 0 Å². The van der Waals surface area contributed by atoms with Gasteiger partial charge in [-0.3, -0.25) is 0 Å². The van der Waals surface area contributed by atoms with Crippen molar-refractivity contribution in [3.8, 4) is 22.3 Å². The van der Waals surface area contributed by atoms with Gasteiger partial charge in [0.1, 0.15) is 0 Å². The highest BCUT2D eigenvalue weighted by atomic mass is 14.7. The fourth-order valence-corrected chi connectivity index (χ4v) is 4.52. The van der Waals surface area contributed by atoms with E-state index in [1.54, 1.807) is 0 Å². The number of para-hydroxylation sites is 1. The molecule has 0 aliphatic heterocycles. The molecule has 0 saturated heterocycles. The fraction of sp³-hybridized carbons (Fsp3) is 0.0417. The van der Waals surface area contributed by atoms with E-state index >= 15 is 0 Å². The van der Waals surface area contributed by atoms with Crippen LogP contribution in [0.2, 0.25) is 0 Å². The molecule has 1 heterocycles. The summed E-state index contributed by atoms with van der Waals surface area (Å²) in [4.78, 5) is 5.09. The van der Waals surface area contributed by atoms with E-state index in [1.165, 1.54) is 49.4 Å². The molecular formula is C24H15N. The number of aromatic nitrogens is 1. The van der Waals surface area contributed by atoms with Gasteiger partial charge in [0.15, 0.2) is 0 Å². The van der Waals surface area contributed by atoms with Gasteiger partial charge in [-0.25, -0.2) is 4.98 Å². The van der Waals surface area contributed by atoms with Crippen LogP contribution in [0.15, 0.2) is 72.8 Å². The summed E-state index contributed by atoms with van der Waals surface area (Å²) >= 11 is 0. The van der Waals surface area contributed by atoms with Crippen LogP contribution in [0.5, 0.6) is 0 Å². The molecule has 1 aliphatic carbocycles. The first-order valence-corrected chi connectivity index (χ1v) is 8.68. The van der Waals surface area contributed by atoms with Crippen molar-refractivity contribution in [3.05, 3.63) is 78.4 Å². The van der Waals surface area contributed by atoms with Crippen molar-refractivity contribution in [2.75, 3.05) is 0 Å². The summed E-state index contributed by atoms with van der Waals surface area (Å²) in [5.41, 5.74) is 8.93. The van der Waals surface area contributed by atoms with Crippen LogP contribution >= 0.6 is 0 Å². The third-order valence-corrected chi connectivity index (χ3v) is 5.57. The molecule has 0 saturated carbocycles. The third kappa shape index (κ3) is 1.51. The summed E-state index contributed by atoms with van der Waals surface area (Å²) in [6, 6.07) is 26.0. The summed E-state index contributed by atoms with van der Waals surface area (Å²) in [5, 5.41) is 5.11. The Hall–Kier alpha value is -3.19. The zero-order valence-electron chi connectivity index (χ0n) is 13.9. The Labute approximate surface area is 145 Å². The number of fused-ring (bicyclic) bond motifs is 7. The Morgan fingerprint density at radius 3 is 2.00 bits per heavy atom. The average Bonchev–Trinajstić information content (AvgIpc) is 3.02. The maximum atomic E-state index is 5.09. The van der Waals surface area contributed by atoms with Gasteiger partial charge in [0.25, 0.3) is 0 Å². The lowest BCUT2D eigenvalue weighted by molar-refractivity contribution is 1.50. The van der Waals surface area contributed by atoms with Crippen molar-refractivity contribution in [2.45, 2.75) is 6.92 Å². The van der Waals surface area contributed by atoms with Gasteiger partial charge in [0.2, 0.25) is 0 Å². The van der Waals surface area contributed by atoms with Crippen LogP contribution in [-0.4, -0.2) is 4.98 Å². The maximum Gasteiger partial charge on any atom is 0.0800 e. The van der Waals surface area contributed by atoms with E-state index in [2.05, 4.69) is 79.7 Å². The second-order valence-corrected chi connectivity index (χ2v) is 6.82. The van der Waals surface area contributed by atoms with Gasteiger partial charge >= 0.3 is 0 Å². The smallest absolute Gasteiger partial charge is 0.0800 e. The van der Waals surface area contributed by atoms with E-state index in [0.717, 1.165) is 11.0 Å². The van der Waals surface area contributed by atoms with Crippen molar-refractivity contribution in [1.29, 1.82) is 0 Å². The molecule has 5 aromatic rings. The number of rotatable bonds is 0. The highest BCUT2D eigenvalue weighted by Crippen LogP contribution is 2.52. The molecule has 25 heavy (non-hydrogen) atoms. The monoisotopic (exact) mass is 317 g/mol. The largest absolute Gasteiger partial charge is 0.247 e. The lowest BCUT2D eigenvalue weighted by Crippen LogP contribution is -1.90. The van der Waals surface area contributed by atoms with E-state index in [1.807, 2.05) is 0 Å². The van der Waals surface area contributed by atoms with Gasteiger partial charge in [-0.2, -0.15) is 0 Å². The number of benzene rings is 4. The number of aryl methyl sites for hydroxylation is 1. The first kappa shape index (κ1) is 13.1. The molecule has 6 rings (SSSR count). The Morgan fingerprint density at radius 2 is 1.20 bits per heavy atom. The predicted molar refractivity (Wildman–Crippen MR) is 106 cm³/mol. The lowest BCUT2D eigenvalue weighted by Gasteiger charge is -2.12. The van der Waals surface area contributed by atoms with E-state index in [-0.39, 0.29) is 0 Å². The molecule has 0 unspecified atom stereocenters. The normalized spacial score (nSPS) is 12.2. The van der Waals surface area contributed by atoms with Crippen LogP contribution in [0.25, 0.3) is 54.8 Å². The molecule has 0 N–H and O–H groups in total. The highest BCUT2D eigenvalue weighted by molar-refractivity contribution is 6.28. The SMILES string of the molecule is Cc1c2c3c(c4ccccc4nc3c3ccccc13)-c1ccccc1-2. The van der Waals surface area contributed by atoms with Crippen LogP contribution in [0.4, 0.5) is 0 Å². The van der Waals surface area contributed by atoms with E-state index < -0.39 is 0 Å². The van der Waals surface area contributed by atoms with Crippen molar-refractivity contribution in [3.63, 3.8) is 0 Å². The minimum absolute atomic E-state index is 1.07. The molecule has 116 valence electrons. The molecule has 0 bridgehead atoms. The zero-order valence-corrected chi connectivity index (χ0v) is 13.9. The van der Waals surface area contributed by atoms with E-state index in [0.29, 0.717) is 0 Å². The summed E-state index contributed by atoms with van der Waals surface area (Å²) in [6.45, 7) is 2.25. The molecule has 0 amide bonds. The summed E-state index contributed by atoms with van der Waals surface area (Å²) in [5.74, 6) is 0. The molecule has 4 aromatic carbocycles. The van der Waals surface area contributed by atoms with Gasteiger partial charge in [-0.15, -0.1) is 0 Å². The summed E-state index contributed by atoms with van der Waals surface area (Å²) < 4.78 is 0. The van der Waals surface area contributed by atoms with E-state index in [9.17, 15) is 0 Å². The molecule has 0 fully saturated rings. The first-order chi connectivity index (χ1) is 12.3. The van der Waals surface area contributed by atoms with Crippen molar-refractivity contribution in [2.24, 2.45) is 0 Å². The minimum atomic E-state index is 1.07. The predicted octanol–water partition coefficient (Wildman–Crippen LogP) is 6.50. The molecule has 1 nitrogen and oxygen atoms in total. The molecule has 0 radical (unpaired) electrons. The number of pyridine rings is 1. The second kappa shape index (κ2) is 4.46. The average molecular weight is 317 g/mol. The van der Waals surface area contributed by atoms with Crippen LogP contribution in [0.3, 0.4) is 0 Å². The standard InChI is InChI=1S/C24H15N/c1-14-15-8-2-5-11-18(15)24-23-21(14)16-9-3-4-10-17(16)22(23)19-12-6-7-13-20(19)25-24/h2-13H,1H3. The van der Waals surface area contributed by atoms with Crippen molar-refractivity contribution >= 4 is 32.6 Å². The van der Waals surface area contributed by atoms with E-state index in [4.69, 9.17) is 4.98 Å². The maximum absolute atomic E-state index is 5.09. The van der Waals surface area contributed by atoms with Crippen LogP contribution in [0.1, 0.15) is 5.56 Å². The Bertz CT molecular complexity index is 1350. The first-order valence-electron chi connectivity index (χ1n) is 8.68. The molecule has 1 heteroatoms. The Balaban J connectivity index is 2.04. The zero-order chi connectivity index (χ0) is 16.5. The van der Waals surface area contributed by atoms with Crippen LogP contribution in [-0.2, 0) is 0 Å². The molecule has 0 spiro atoms. The minimum Gasteiger partial charge on any atom is -0.247 e. The molecule has 1 aliphatic rings. The lowest BCUT2D eigenvalue weighted by atomic mass is 9.93. The topological polar surface area (TPSA) is 12.9 Å². The van der Waals surface area contributed by atoms with Gasteiger partial charge in [0.05, 0.1) is 11.0 Å². The van der Waals surface area contributed by atoms with Crippen LogP contribution in [0, 0.1) is 6.92 Å². The molecular weight excluding hydrogens is 302 g/mol. The van der Waals surface area contributed by atoms with Crippen molar-refractivity contribution < 1.29 is 0 Å². The quantitative estimate of drug-likeness (QED) is 0.230. The molecule has 0 atom stereocenters. The van der Waals surface area contributed by atoms with Gasteiger partial charge in [0, 0.05) is 21.7 Å². The number of hydrogen-bond acceptors (Lipinski definition) is 1. The number of nitrogens with zero attached hydrogens (tertiary/aromatic N) is 1. The summed E-state index contributed by atoms with van der Waals surface area (Å²) in [6.07, 6.45) is 0. The highest BCUT2D eigenvalue weighted by Gasteiger charge is 2.27. The van der Waals surface area contributed by atoms with Crippen molar-refractivity contribution in [1.82, 2.24) is 4.98 Å².